The average molecular weight is 144 g/mol. The van der Waals surface area contributed by atoms with Gasteiger partial charge in [-0.2, -0.15) is 0 Å². The van der Waals surface area contributed by atoms with E-state index in [1.54, 1.807) is 6.92 Å². The van der Waals surface area contributed by atoms with E-state index in [2.05, 4.69) is 0 Å². The van der Waals surface area contributed by atoms with Crippen molar-refractivity contribution in [2.45, 2.75) is 13.3 Å². The predicted octanol–water partition coefficient (Wildman–Crippen LogP) is 1.05. The minimum absolute atomic E-state index is 0.891. The summed E-state index contributed by atoms with van der Waals surface area (Å²) < 4.78 is 4.72. The molecule has 10 heavy (non-hydrogen) atoms. The Morgan fingerprint density at radius 1 is 1.60 bits per heavy atom. The van der Waals surface area contributed by atoms with Crippen LogP contribution < -0.4 is 0 Å². The van der Waals surface area contributed by atoms with Gasteiger partial charge in [-0.25, -0.2) is 4.79 Å². The summed E-state index contributed by atoms with van der Waals surface area (Å²) in [5.74, 6) is -0.891. The van der Waals surface area contributed by atoms with Crippen LogP contribution in [-0.2, 0) is 9.53 Å². The lowest BCUT2D eigenvalue weighted by atomic mass is 10.4. The lowest BCUT2D eigenvalue weighted by Crippen LogP contribution is -2.09. The number of rotatable bonds is 1. The molecule has 1 heterocycles. The van der Waals surface area contributed by atoms with Gasteiger partial charge in [-0.15, -0.1) is 0 Å². The van der Waals surface area contributed by atoms with Crippen LogP contribution in [0.15, 0.2) is 12.2 Å². The molecule has 1 fully saturated rings. The fourth-order valence-corrected chi connectivity index (χ4v) is 0.287. The van der Waals surface area contributed by atoms with Gasteiger partial charge in [-0.05, 0) is 13.3 Å². The molecule has 0 radical (unpaired) electrons. The molecule has 0 bridgehead atoms. The number of carbonyl (C=O) groups is 1. The van der Waals surface area contributed by atoms with Crippen LogP contribution in [0, 0.1) is 0 Å². The lowest BCUT2D eigenvalue weighted by molar-refractivity contribution is -0.131. The van der Waals surface area contributed by atoms with Crippen molar-refractivity contribution in [3.63, 3.8) is 0 Å². The van der Waals surface area contributed by atoms with E-state index in [0.29, 0.717) is 0 Å². The number of hydrogen-bond donors (Lipinski definition) is 1. The fourth-order valence-electron chi connectivity index (χ4n) is 0.287. The third kappa shape index (κ3) is 7.17. The number of hydrogen-bond acceptors (Lipinski definition) is 2. The van der Waals surface area contributed by atoms with Crippen LogP contribution >= 0.6 is 0 Å². The van der Waals surface area contributed by atoms with Crippen LogP contribution in [0.1, 0.15) is 13.3 Å². The molecule has 0 unspecified atom stereocenters. The molecule has 3 nitrogen and oxygen atoms in total. The normalized spacial score (nSPS) is 15.3. The molecule has 0 spiro atoms. The number of allylic oxidation sites excluding steroid dienone is 1. The van der Waals surface area contributed by atoms with Crippen molar-refractivity contribution in [1.29, 1.82) is 0 Å². The molecular formula is C7H12O3. The molecular weight excluding hydrogens is 132 g/mol. The smallest absolute Gasteiger partial charge is 0.327 e. The van der Waals surface area contributed by atoms with E-state index in [1.807, 2.05) is 0 Å². The first kappa shape index (κ1) is 9.17. The zero-order valence-electron chi connectivity index (χ0n) is 6.04. The first-order valence-electron chi connectivity index (χ1n) is 3.20. The second kappa shape index (κ2) is 6.29. The van der Waals surface area contributed by atoms with Crippen LogP contribution in [0.4, 0.5) is 0 Å². The molecule has 0 aromatic carbocycles. The third-order valence-corrected chi connectivity index (χ3v) is 0.887. The minimum Gasteiger partial charge on any atom is -0.478 e. The highest BCUT2D eigenvalue weighted by Crippen LogP contribution is 1.93. The highest BCUT2D eigenvalue weighted by molar-refractivity contribution is 5.79. The van der Waals surface area contributed by atoms with Crippen molar-refractivity contribution in [2.24, 2.45) is 0 Å². The summed E-state index contributed by atoms with van der Waals surface area (Å²) in [6.45, 7) is 3.66. The topological polar surface area (TPSA) is 46.5 Å². The molecule has 1 saturated heterocycles. The number of ether oxygens (including phenoxy) is 1. The summed E-state index contributed by atoms with van der Waals surface area (Å²) in [6, 6.07) is 0. The maximum Gasteiger partial charge on any atom is 0.327 e. The first-order valence-corrected chi connectivity index (χ1v) is 3.20. The number of carboxylic acid groups (broad SMARTS) is 1. The SMILES string of the molecule is C1COC1.CC=CC(=O)O. The van der Waals surface area contributed by atoms with Gasteiger partial charge in [0, 0.05) is 19.3 Å². The summed E-state index contributed by atoms with van der Waals surface area (Å²) in [4.78, 5) is 9.51. The van der Waals surface area contributed by atoms with Crippen molar-refractivity contribution < 1.29 is 14.6 Å². The van der Waals surface area contributed by atoms with E-state index < -0.39 is 5.97 Å². The molecule has 1 N–H and O–H groups in total. The van der Waals surface area contributed by atoms with Gasteiger partial charge >= 0.3 is 5.97 Å². The summed E-state index contributed by atoms with van der Waals surface area (Å²) in [5.41, 5.74) is 0. The Morgan fingerprint density at radius 3 is 2.00 bits per heavy atom. The Morgan fingerprint density at radius 2 is 2.00 bits per heavy atom. The van der Waals surface area contributed by atoms with Crippen LogP contribution in [-0.4, -0.2) is 24.3 Å². The molecule has 0 saturated carbocycles. The van der Waals surface area contributed by atoms with Gasteiger partial charge in [0.15, 0.2) is 0 Å². The van der Waals surface area contributed by atoms with Gasteiger partial charge in [-0.1, -0.05) is 6.08 Å². The summed E-state index contributed by atoms with van der Waals surface area (Å²) in [6.07, 6.45) is 3.84. The van der Waals surface area contributed by atoms with E-state index in [1.165, 1.54) is 12.5 Å². The maximum absolute atomic E-state index is 9.51. The monoisotopic (exact) mass is 144 g/mol. The Kier molecular flexibility index (Phi) is 5.77. The van der Waals surface area contributed by atoms with Gasteiger partial charge in [0.25, 0.3) is 0 Å². The number of carboxylic acids is 1. The largest absolute Gasteiger partial charge is 0.478 e. The molecule has 3 heteroatoms. The van der Waals surface area contributed by atoms with Crippen LogP contribution in [0.3, 0.4) is 0 Å². The van der Waals surface area contributed by atoms with E-state index in [4.69, 9.17) is 9.84 Å². The standard InChI is InChI=1S/C4H6O2.C3H6O/c1-2-3-4(5)6;1-2-4-3-1/h2-3H,1H3,(H,5,6);1-3H2. The molecule has 1 aliphatic heterocycles. The second-order valence-electron chi connectivity index (χ2n) is 1.80. The van der Waals surface area contributed by atoms with Crippen LogP contribution in [0.5, 0.6) is 0 Å². The Balaban J connectivity index is 0.000000172. The fraction of sp³-hybridized carbons (Fsp3) is 0.571. The van der Waals surface area contributed by atoms with Gasteiger partial charge < -0.3 is 9.84 Å². The molecule has 0 aromatic rings. The van der Waals surface area contributed by atoms with E-state index >= 15 is 0 Å². The average Bonchev–Trinajstić information content (AvgIpc) is 1.58. The summed E-state index contributed by atoms with van der Waals surface area (Å²) in [7, 11) is 0. The molecule has 1 rings (SSSR count). The summed E-state index contributed by atoms with van der Waals surface area (Å²) in [5, 5.41) is 7.83. The zero-order chi connectivity index (χ0) is 7.82. The Bertz CT molecular complexity index is 110. The third-order valence-electron chi connectivity index (χ3n) is 0.887. The highest BCUT2D eigenvalue weighted by atomic mass is 16.5. The molecule has 0 atom stereocenters. The van der Waals surface area contributed by atoms with Crippen molar-refractivity contribution >= 4 is 5.97 Å². The Hall–Kier alpha value is -0.830. The van der Waals surface area contributed by atoms with E-state index in [-0.39, 0.29) is 0 Å². The molecule has 0 aromatic heterocycles. The van der Waals surface area contributed by atoms with Gasteiger partial charge in [0.05, 0.1) is 0 Å². The zero-order valence-corrected chi connectivity index (χ0v) is 6.04. The first-order chi connectivity index (χ1) is 4.77. The molecule has 1 aliphatic rings. The minimum atomic E-state index is -0.891. The lowest BCUT2D eigenvalue weighted by Gasteiger charge is -2.09. The van der Waals surface area contributed by atoms with Crippen molar-refractivity contribution in [3.05, 3.63) is 12.2 Å². The molecule has 0 aliphatic carbocycles. The van der Waals surface area contributed by atoms with Gasteiger partial charge in [-0.3, -0.25) is 0 Å². The van der Waals surface area contributed by atoms with Crippen molar-refractivity contribution in [1.82, 2.24) is 0 Å². The molecule has 58 valence electrons. The summed E-state index contributed by atoms with van der Waals surface area (Å²) >= 11 is 0. The van der Waals surface area contributed by atoms with Gasteiger partial charge in [0.2, 0.25) is 0 Å². The van der Waals surface area contributed by atoms with Crippen LogP contribution in [0.25, 0.3) is 0 Å². The quantitative estimate of drug-likeness (QED) is 0.559. The van der Waals surface area contributed by atoms with Crippen molar-refractivity contribution in [2.75, 3.05) is 13.2 Å². The molecule has 0 amide bonds. The predicted molar refractivity (Wildman–Crippen MR) is 37.9 cm³/mol. The van der Waals surface area contributed by atoms with Crippen LogP contribution in [0.2, 0.25) is 0 Å². The highest BCUT2D eigenvalue weighted by Gasteiger charge is 1.94. The second-order valence-corrected chi connectivity index (χ2v) is 1.80. The van der Waals surface area contributed by atoms with Gasteiger partial charge in [0.1, 0.15) is 0 Å². The Labute approximate surface area is 60.3 Å². The number of aliphatic carboxylic acids is 1. The van der Waals surface area contributed by atoms with Crippen molar-refractivity contribution in [3.8, 4) is 0 Å². The van der Waals surface area contributed by atoms with E-state index in [9.17, 15) is 4.79 Å². The van der Waals surface area contributed by atoms with E-state index in [0.717, 1.165) is 19.3 Å². The maximum atomic E-state index is 9.51.